The van der Waals surface area contributed by atoms with E-state index in [0.717, 1.165) is 0 Å². The molecular weight excluding hydrogens is 90.1 g/mol. The van der Waals surface area contributed by atoms with E-state index in [0.29, 0.717) is 0 Å². The molecule has 0 aromatic rings. The molecule has 0 atom stereocenters. The van der Waals surface area contributed by atoms with Crippen LogP contribution >= 0.6 is 0 Å². The van der Waals surface area contributed by atoms with Gasteiger partial charge in [-0.3, -0.25) is 0 Å². The highest BCUT2D eigenvalue weighted by molar-refractivity contribution is 7.47. The summed E-state index contributed by atoms with van der Waals surface area (Å²) in [6, 6.07) is 0. The number of nitrogens with zero attached hydrogens (tertiary/aromatic N) is 1. The first-order chi connectivity index (χ1) is 2.27. The summed E-state index contributed by atoms with van der Waals surface area (Å²) in [6.07, 6.45) is -1.56. The maximum absolute atomic E-state index is 8.99. The van der Waals surface area contributed by atoms with E-state index in [9.17, 15) is 0 Å². The molecule has 0 fully saturated rings. The van der Waals surface area contributed by atoms with Crippen LogP contribution in [0.25, 0.3) is 0 Å². The van der Waals surface area contributed by atoms with Crippen molar-refractivity contribution in [3.63, 3.8) is 0 Å². The Morgan fingerprint density at radius 1 is 2.00 bits per heavy atom. The Labute approximate surface area is 33.8 Å². The van der Waals surface area contributed by atoms with Crippen LogP contribution in [-0.2, 0) is 12.4 Å². The lowest BCUT2D eigenvalue weighted by Gasteiger charge is -1.77. The predicted molar refractivity (Wildman–Crippen MR) is 15.2 cm³/mol. The van der Waals surface area contributed by atoms with Crippen molar-refractivity contribution in [1.82, 2.24) is 0 Å². The lowest BCUT2D eigenvalue weighted by Crippen LogP contribution is -2.15. The van der Waals surface area contributed by atoms with Gasteiger partial charge in [-0.15, -0.1) is 0 Å². The Morgan fingerprint density at radius 3 is 2.20 bits per heavy atom. The highest BCUT2D eigenvalue weighted by Crippen LogP contribution is 1.53. The van der Waals surface area contributed by atoms with Gasteiger partial charge in [0.15, 0.2) is 6.09 Å². The molecule has 0 saturated carbocycles. The highest BCUT2D eigenvalue weighted by atomic mass is 32.1. The zero-order valence-corrected chi connectivity index (χ0v) is 2.99. The predicted octanol–water partition coefficient (Wildman–Crippen LogP) is -0.940. The molecule has 0 heterocycles. The second kappa shape index (κ2) is 1.78. The fourth-order valence-electron chi connectivity index (χ4n) is 0. The number of carbonyl (C=O) groups excluding carboxylic acids is 1. The summed E-state index contributed by atoms with van der Waals surface area (Å²) in [5, 5.41) is 8.99. The molecule has 0 spiro atoms. The van der Waals surface area contributed by atoms with Crippen LogP contribution in [0, 0.1) is 0 Å². The van der Waals surface area contributed by atoms with E-state index >= 15 is 0 Å². The molecule has 0 unspecified atom stereocenters. The molecule has 0 aromatic carbocycles. The van der Waals surface area contributed by atoms with Gasteiger partial charge in [0.25, 0.3) is 0 Å². The van der Waals surface area contributed by atoms with Crippen LogP contribution in [0.3, 0.4) is 0 Å². The summed E-state index contributed by atoms with van der Waals surface area (Å²) >= 11 is 3.64. The number of carbonyl (C=O) groups is 1. The minimum absolute atomic E-state index is 1.56. The van der Waals surface area contributed by atoms with Crippen LogP contribution in [-0.4, -0.2) is 6.09 Å². The first kappa shape index (κ1) is 4.49. The van der Waals surface area contributed by atoms with Gasteiger partial charge in [-0.05, 0) is 0 Å². The molecule has 0 saturated heterocycles. The third-order valence-corrected chi connectivity index (χ3v) is 0.224. The summed E-state index contributed by atoms with van der Waals surface area (Å²) in [7, 11) is 0. The Kier molecular flexibility index (Phi) is 1.60. The molecule has 0 aliphatic carbocycles. The number of carboxylic acid groups (broad SMARTS) is 1. The van der Waals surface area contributed by atoms with E-state index in [1.165, 1.54) is 0 Å². The second-order valence-electron chi connectivity index (χ2n) is 0.357. The van der Waals surface area contributed by atoms with Crippen LogP contribution < -0.4 is 5.11 Å². The van der Waals surface area contributed by atoms with Crippen molar-refractivity contribution in [3.8, 4) is 0 Å². The zero-order valence-electron chi connectivity index (χ0n) is 2.17. The van der Waals surface area contributed by atoms with Crippen LogP contribution in [0.15, 0.2) is 4.36 Å². The van der Waals surface area contributed by atoms with Gasteiger partial charge < -0.3 is 9.90 Å². The van der Waals surface area contributed by atoms with Crippen molar-refractivity contribution in [2.24, 2.45) is 4.36 Å². The van der Waals surface area contributed by atoms with Crippen LogP contribution in [0.4, 0.5) is 4.79 Å². The monoisotopic (exact) mass is 90.0 g/mol. The lowest BCUT2D eigenvalue weighted by molar-refractivity contribution is -0.244. The highest BCUT2D eigenvalue weighted by Gasteiger charge is 1.59. The molecule has 1 amide bonds. The standard InChI is InChI=1S/CHNO2S/c3-1(4)2-5/h(H,3,4)/p-1. The van der Waals surface area contributed by atoms with E-state index in [-0.39, 0.29) is 0 Å². The van der Waals surface area contributed by atoms with Gasteiger partial charge in [0.05, 0.1) is 0 Å². The van der Waals surface area contributed by atoms with Gasteiger partial charge in [-0.1, -0.05) is 0 Å². The molecule has 0 N–H and O–H groups in total. The third kappa shape index (κ3) is 3.49. The Morgan fingerprint density at radius 2 is 2.20 bits per heavy atom. The van der Waals surface area contributed by atoms with E-state index in [4.69, 9.17) is 9.90 Å². The first-order valence-corrected chi connectivity index (χ1v) is 1.18. The largest absolute Gasteiger partial charge is 0.528 e. The summed E-state index contributed by atoms with van der Waals surface area (Å²) in [4.78, 5) is 8.99. The lowest BCUT2D eigenvalue weighted by atomic mass is 11.3. The van der Waals surface area contributed by atoms with E-state index in [1.807, 2.05) is 0 Å². The van der Waals surface area contributed by atoms with Gasteiger partial charge in [-0.25, -0.2) is 0 Å². The van der Waals surface area contributed by atoms with Crippen molar-refractivity contribution >= 4 is 18.5 Å². The average molecular weight is 90.1 g/mol. The Hall–Kier alpha value is -0.510. The van der Waals surface area contributed by atoms with Crippen LogP contribution in [0.2, 0.25) is 0 Å². The normalized spacial score (nSPS) is 6.40. The van der Waals surface area contributed by atoms with Crippen molar-refractivity contribution in [2.45, 2.75) is 0 Å². The molecule has 0 bridgehead atoms. The average Bonchev–Trinajstić information content (AvgIpc) is 1.38. The summed E-state index contributed by atoms with van der Waals surface area (Å²) < 4.78 is 2.28. The maximum atomic E-state index is 8.99. The molecule has 5 heavy (non-hydrogen) atoms. The van der Waals surface area contributed by atoms with E-state index in [1.54, 1.807) is 0 Å². The SMILES string of the molecule is O=C([O-])N=S. The fourth-order valence-corrected chi connectivity index (χ4v) is 0. The second-order valence-corrected chi connectivity index (χ2v) is 0.540. The third-order valence-electron chi connectivity index (χ3n) is 0.0745. The molecule has 0 aromatic heterocycles. The van der Waals surface area contributed by atoms with Crippen molar-refractivity contribution in [3.05, 3.63) is 0 Å². The Bertz CT molecular complexity index is 60.7. The topological polar surface area (TPSA) is 52.5 Å². The quantitative estimate of drug-likeness (QED) is 0.385. The molecule has 4 heteroatoms. The summed E-state index contributed by atoms with van der Waals surface area (Å²) in [5.41, 5.74) is 0. The first-order valence-electron chi connectivity index (χ1n) is 0.814. The van der Waals surface area contributed by atoms with Crippen molar-refractivity contribution in [1.29, 1.82) is 0 Å². The van der Waals surface area contributed by atoms with Gasteiger partial charge in [0, 0.05) is 12.4 Å². The zero-order chi connectivity index (χ0) is 4.28. The van der Waals surface area contributed by atoms with Gasteiger partial charge in [0.2, 0.25) is 0 Å². The van der Waals surface area contributed by atoms with Crippen LogP contribution in [0.1, 0.15) is 0 Å². The number of hydrogen-bond donors (Lipinski definition) is 0. The molecule has 0 aliphatic rings. The van der Waals surface area contributed by atoms with Crippen molar-refractivity contribution in [2.75, 3.05) is 0 Å². The van der Waals surface area contributed by atoms with Gasteiger partial charge in [-0.2, -0.15) is 4.36 Å². The van der Waals surface area contributed by atoms with Crippen LogP contribution in [0.5, 0.6) is 0 Å². The molecule has 28 valence electrons. The molecule has 0 rings (SSSR count). The minimum Gasteiger partial charge on any atom is -0.528 e. The van der Waals surface area contributed by atoms with Gasteiger partial charge in [0.1, 0.15) is 0 Å². The molecular formula is CNO2S-. The summed E-state index contributed by atoms with van der Waals surface area (Å²) in [6.45, 7) is 0. The van der Waals surface area contributed by atoms with E-state index in [2.05, 4.69) is 16.8 Å². The van der Waals surface area contributed by atoms with E-state index < -0.39 is 6.09 Å². The number of rotatable bonds is 0. The number of amides is 1. The smallest absolute Gasteiger partial charge is 0.176 e. The summed E-state index contributed by atoms with van der Waals surface area (Å²) in [5.74, 6) is 0. The minimum atomic E-state index is -1.56. The molecule has 0 radical (unpaired) electrons. The molecule has 3 nitrogen and oxygen atoms in total. The number of hydrogen-bond acceptors (Lipinski definition) is 3. The fraction of sp³-hybridized carbons (Fsp3) is 0. The Balaban J connectivity index is 3.20. The van der Waals surface area contributed by atoms with Gasteiger partial charge >= 0.3 is 0 Å². The molecule has 0 aliphatic heterocycles. The maximum Gasteiger partial charge on any atom is 0.176 e. The van der Waals surface area contributed by atoms with Crippen molar-refractivity contribution < 1.29 is 9.90 Å².